The lowest BCUT2D eigenvalue weighted by Crippen LogP contribution is -1.84. The maximum atomic E-state index is 13.1. The molecule has 0 aliphatic heterocycles. The number of rotatable bonds is 2. The molecule has 3 aromatic rings. The van der Waals surface area contributed by atoms with Gasteiger partial charge in [0.05, 0.1) is 11.2 Å². The van der Waals surface area contributed by atoms with Crippen LogP contribution in [0, 0.1) is 5.82 Å². The van der Waals surface area contributed by atoms with Gasteiger partial charge >= 0.3 is 0 Å². The number of pyridine rings is 2. The zero-order valence-corrected chi connectivity index (χ0v) is 10.1. The van der Waals surface area contributed by atoms with Crippen LogP contribution < -0.4 is 0 Å². The Kier molecular flexibility index (Phi) is 3.02. The molecule has 3 heteroatoms. The largest absolute Gasteiger partial charge is 0.265 e. The fraction of sp³-hybridized carbons (Fsp3) is 0. The zero-order chi connectivity index (χ0) is 13.1. The van der Waals surface area contributed by atoms with Crippen LogP contribution in [-0.4, -0.2) is 9.97 Å². The van der Waals surface area contributed by atoms with Gasteiger partial charge in [-0.15, -0.1) is 0 Å². The van der Waals surface area contributed by atoms with Crippen molar-refractivity contribution in [2.45, 2.75) is 0 Å². The number of aromatic nitrogens is 2. The van der Waals surface area contributed by atoms with E-state index in [9.17, 15) is 4.39 Å². The van der Waals surface area contributed by atoms with Crippen LogP contribution >= 0.6 is 0 Å². The van der Waals surface area contributed by atoms with E-state index in [2.05, 4.69) is 9.97 Å². The van der Waals surface area contributed by atoms with E-state index in [1.165, 1.54) is 12.1 Å². The van der Waals surface area contributed by atoms with Crippen LogP contribution in [0.5, 0.6) is 0 Å². The van der Waals surface area contributed by atoms with Crippen LogP contribution in [0.3, 0.4) is 0 Å². The molecule has 0 saturated carbocycles. The van der Waals surface area contributed by atoms with Crippen LogP contribution in [0.4, 0.5) is 4.39 Å². The van der Waals surface area contributed by atoms with Gasteiger partial charge in [0.1, 0.15) is 5.82 Å². The third-order valence-corrected chi connectivity index (χ3v) is 2.83. The summed E-state index contributed by atoms with van der Waals surface area (Å²) in [5.41, 5.74) is 2.70. The van der Waals surface area contributed by atoms with Crippen molar-refractivity contribution in [2.75, 3.05) is 0 Å². The number of benzene rings is 1. The van der Waals surface area contributed by atoms with Crippen LogP contribution in [-0.2, 0) is 0 Å². The molecule has 92 valence electrons. The van der Waals surface area contributed by atoms with Crippen LogP contribution in [0.15, 0.2) is 54.9 Å². The van der Waals surface area contributed by atoms with Crippen molar-refractivity contribution in [2.24, 2.45) is 0 Å². The predicted octanol–water partition coefficient (Wildman–Crippen LogP) is 3.94. The fourth-order valence-corrected chi connectivity index (χ4v) is 1.86. The molecule has 0 unspecified atom stereocenters. The lowest BCUT2D eigenvalue weighted by molar-refractivity contribution is 0.629. The minimum absolute atomic E-state index is 0.241. The van der Waals surface area contributed by atoms with Crippen molar-refractivity contribution in [3.63, 3.8) is 0 Å². The molecule has 0 spiro atoms. The molecule has 3 rings (SSSR count). The molecule has 2 nitrogen and oxygen atoms in total. The normalized spacial score (nSPS) is 11.2. The molecule has 0 N–H and O–H groups in total. The highest BCUT2D eigenvalue weighted by molar-refractivity contribution is 5.80. The van der Waals surface area contributed by atoms with Crippen molar-refractivity contribution >= 4 is 23.1 Å². The molecule has 0 bridgehead atoms. The lowest BCUT2D eigenvalue weighted by atomic mass is 10.2. The Morgan fingerprint density at radius 2 is 1.74 bits per heavy atom. The summed E-state index contributed by atoms with van der Waals surface area (Å²) in [4.78, 5) is 8.43. The summed E-state index contributed by atoms with van der Waals surface area (Å²) in [6, 6.07) is 12.2. The summed E-state index contributed by atoms with van der Waals surface area (Å²) >= 11 is 0. The highest BCUT2D eigenvalue weighted by atomic mass is 19.1. The first-order valence-electron chi connectivity index (χ1n) is 5.96. The molecule has 19 heavy (non-hydrogen) atoms. The van der Waals surface area contributed by atoms with E-state index in [0.29, 0.717) is 0 Å². The highest BCUT2D eigenvalue weighted by Gasteiger charge is 1.97. The summed E-state index contributed by atoms with van der Waals surface area (Å²) in [5, 5.41) is 0.807. The molecule has 2 heterocycles. The van der Waals surface area contributed by atoms with Gasteiger partial charge in [-0.2, -0.15) is 0 Å². The Labute approximate surface area is 110 Å². The van der Waals surface area contributed by atoms with Gasteiger partial charge < -0.3 is 0 Å². The topological polar surface area (TPSA) is 25.8 Å². The molecular formula is C16H11FN2. The average Bonchev–Trinajstić information content (AvgIpc) is 2.46. The van der Waals surface area contributed by atoms with Crippen molar-refractivity contribution in [1.29, 1.82) is 0 Å². The van der Waals surface area contributed by atoms with Crippen molar-refractivity contribution < 1.29 is 4.39 Å². The third kappa shape index (κ3) is 2.65. The second-order valence-corrected chi connectivity index (χ2v) is 4.19. The number of hydrogen-bond acceptors (Lipinski definition) is 2. The summed E-state index contributed by atoms with van der Waals surface area (Å²) in [6.45, 7) is 0. The van der Waals surface area contributed by atoms with Gasteiger partial charge in [0, 0.05) is 17.8 Å². The Balaban J connectivity index is 1.94. The van der Waals surface area contributed by atoms with Gasteiger partial charge in [-0.1, -0.05) is 12.1 Å². The summed E-state index contributed by atoms with van der Waals surface area (Å²) in [5.74, 6) is -0.241. The molecule has 0 atom stereocenters. The minimum atomic E-state index is -0.241. The number of halogens is 1. The number of fused-ring (bicyclic) bond motifs is 1. The van der Waals surface area contributed by atoms with Gasteiger partial charge in [-0.25, -0.2) is 9.37 Å². The molecular weight excluding hydrogens is 239 g/mol. The first kappa shape index (κ1) is 11.5. The fourth-order valence-electron chi connectivity index (χ4n) is 1.86. The Hall–Kier alpha value is -2.55. The predicted molar refractivity (Wildman–Crippen MR) is 74.9 cm³/mol. The summed E-state index contributed by atoms with van der Waals surface area (Å²) in [6.07, 6.45) is 7.39. The van der Waals surface area contributed by atoms with E-state index in [0.717, 1.165) is 22.2 Å². The molecule has 0 saturated heterocycles. The van der Waals surface area contributed by atoms with E-state index in [1.807, 2.05) is 36.4 Å². The summed E-state index contributed by atoms with van der Waals surface area (Å²) < 4.78 is 13.1. The van der Waals surface area contributed by atoms with Crippen LogP contribution in [0.1, 0.15) is 11.3 Å². The number of nitrogens with zero attached hydrogens (tertiary/aromatic N) is 2. The van der Waals surface area contributed by atoms with E-state index < -0.39 is 0 Å². The lowest BCUT2D eigenvalue weighted by Gasteiger charge is -1.99. The first-order valence-corrected chi connectivity index (χ1v) is 5.96. The van der Waals surface area contributed by atoms with E-state index in [4.69, 9.17) is 0 Å². The van der Waals surface area contributed by atoms with Gasteiger partial charge in [0.2, 0.25) is 0 Å². The smallest absolute Gasteiger partial charge is 0.123 e. The minimum Gasteiger partial charge on any atom is -0.265 e. The van der Waals surface area contributed by atoms with Gasteiger partial charge in [-0.3, -0.25) is 4.98 Å². The average molecular weight is 250 g/mol. The van der Waals surface area contributed by atoms with E-state index in [1.54, 1.807) is 18.5 Å². The van der Waals surface area contributed by atoms with Crippen LogP contribution in [0.25, 0.3) is 23.1 Å². The molecule has 0 aliphatic rings. The van der Waals surface area contributed by atoms with Crippen molar-refractivity contribution in [3.8, 4) is 0 Å². The third-order valence-electron chi connectivity index (χ3n) is 2.83. The molecule has 1 aromatic carbocycles. The monoisotopic (exact) mass is 250 g/mol. The highest BCUT2D eigenvalue weighted by Crippen LogP contribution is 2.15. The second-order valence-electron chi connectivity index (χ2n) is 4.19. The van der Waals surface area contributed by atoms with Crippen LogP contribution in [0.2, 0.25) is 0 Å². The quantitative estimate of drug-likeness (QED) is 0.688. The first-order chi connectivity index (χ1) is 9.31. The van der Waals surface area contributed by atoms with Gasteiger partial charge in [-0.05, 0) is 48.0 Å². The maximum absolute atomic E-state index is 13.1. The number of hydrogen-bond donors (Lipinski definition) is 0. The Morgan fingerprint density at radius 1 is 0.895 bits per heavy atom. The van der Waals surface area contributed by atoms with E-state index in [-0.39, 0.29) is 5.82 Å². The standard InChI is InChI=1S/C16H11FN2/c17-14-3-6-16-13(11-14)2-5-15(19-16)4-1-12-7-9-18-10-8-12/h1-11H/b4-1+. The zero-order valence-electron chi connectivity index (χ0n) is 10.1. The van der Waals surface area contributed by atoms with Crippen molar-refractivity contribution in [3.05, 3.63) is 71.9 Å². The van der Waals surface area contributed by atoms with Gasteiger partial charge in [0.15, 0.2) is 0 Å². The SMILES string of the molecule is Fc1ccc2nc(/C=C/c3ccncc3)ccc2c1. The maximum Gasteiger partial charge on any atom is 0.123 e. The summed E-state index contributed by atoms with van der Waals surface area (Å²) in [7, 11) is 0. The molecule has 0 aliphatic carbocycles. The molecule has 0 amide bonds. The molecule has 0 fully saturated rings. The Bertz CT molecular complexity index is 736. The molecule has 2 aromatic heterocycles. The van der Waals surface area contributed by atoms with Gasteiger partial charge in [0.25, 0.3) is 0 Å². The van der Waals surface area contributed by atoms with Crippen molar-refractivity contribution in [1.82, 2.24) is 9.97 Å². The Morgan fingerprint density at radius 3 is 2.58 bits per heavy atom. The second kappa shape index (κ2) is 4.98. The molecule has 0 radical (unpaired) electrons. The van der Waals surface area contributed by atoms with E-state index >= 15 is 0 Å².